The number of rotatable bonds is 6. The molecule has 4 nitrogen and oxygen atoms in total. The monoisotopic (exact) mass is 301 g/mol. The molecule has 1 amide bonds. The van der Waals surface area contributed by atoms with Crippen LogP contribution in [-0.4, -0.2) is 23.5 Å². The molecule has 0 aliphatic rings. The molecule has 5 heteroatoms. The number of benzene rings is 2. The van der Waals surface area contributed by atoms with Gasteiger partial charge in [-0.15, -0.1) is 0 Å². The molecule has 0 radical (unpaired) electrons. The predicted octanol–water partition coefficient (Wildman–Crippen LogP) is 2.43. The Morgan fingerprint density at radius 1 is 1.09 bits per heavy atom. The van der Waals surface area contributed by atoms with Crippen LogP contribution >= 0.6 is 0 Å². The standard InChI is InChI=1S/C17H16FNO3/c18-15-7-2-1-5-13(15)11-16(20)19-9-8-12-4-3-6-14(10-12)17(21)22/h1-7,10H,8-9,11H2,(H,19,20)(H,21,22). The van der Waals surface area contributed by atoms with Crippen LogP contribution in [-0.2, 0) is 17.6 Å². The van der Waals surface area contributed by atoms with E-state index in [0.29, 0.717) is 18.5 Å². The van der Waals surface area contributed by atoms with E-state index < -0.39 is 11.8 Å². The van der Waals surface area contributed by atoms with E-state index in [-0.39, 0.29) is 17.9 Å². The van der Waals surface area contributed by atoms with Gasteiger partial charge in [-0.1, -0.05) is 30.3 Å². The maximum Gasteiger partial charge on any atom is 0.335 e. The van der Waals surface area contributed by atoms with Crippen LogP contribution in [0, 0.1) is 5.82 Å². The largest absolute Gasteiger partial charge is 0.478 e. The van der Waals surface area contributed by atoms with Crippen molar-refractivity contribution in [3.05, 3.63) is 71.0 Å². The van der Waals surface area contributed by atoms with E-state index in [1.54, 1.807) is 36.4 Å². The van der Waals surface area contributed by atoms with Crippen molar-refractivity contribution in [2.75, 3.05) is 6.54 Å². The summed E-state index contributed by atoms with van der Waals surface area (Å²) >= 11 is 0. The third-order valence-corrected chi connectivity index (χ3v) is 3.22. The quantitative estimate of drug-likeness (QED) is 0.861. The first kappa shape index (κ1) is 15.7. The van der Waals surface area contributed by atoms with Crippen molar-refractivity contribution in [2.45, 2.75) is 12.8 Å². The molecule has 0 aliphatic heterocycles. The third kappa shape index (κ3) is 4.41. The van der Waals surface area contributed by atoms with E-state index in [9.17, 15) is 14.0 Å². The maximum atomic E-state index is 13.4. The number of carbonyl (C=O) groups excluding carboxylic acids is 1. The summed E-state index contributed by atoms with van der Waals surface area (Å²) in [5.74, 6) is -1.64. The highest BCUT2D eigenvalue weighted by atomic mass is 19.1. The normalized spacial score (nSPS) is 10.2. The number of hydrogen-bond acceptors (Lipinski definition) is 2. The second kappa shape index (κ2) is 7.36. The van der Waals surface area contributed by atoms with Crippen molar-refractivity contribution in [2.24, 2.45) is 0 Å². The lowest BCUT2D eigenvalue weighted by Gasteiger charge is -2.07. The van der Waals surface area contributed by atoms with Gasteiger partial charge in [0.25, 0.3) is 0 Å². The zero-order valence-corrected chi connectivity index (χ0v) is 11.9. The summed E-state index contributed by atoms with van der Waals surface area (Å²) in [5.41, 5.74) is 1.40. The molecule has 2 aromatic carbocycles. The lowest BCUT2D eigenvalue weighted by Crippen LogP contribution is -2.27. The van der Waals surface area contributed by atoms with Crippen LogP contribution in [0.2, 0.25) is 0 Å². The number of halogens is 1. The Balaban J connectivity index is 1.83. The van der Waals surface area contributed by atoms with Crippen molar-refractivity contribution in [1.29, 1.82) is 0 Å². The number of carboxylic acids is 1. The minimum Gasteiger partial charge on any atom is -0.478 e. The zero-order valence-electron chi connectivity index (χ0n) is 11.9. The Kier molecular flexibility index (Phi) is 5.25. The fourth-order valence-electron chi connectivity index (χ4n) is 2.08. The average Bonchev–Trinajstić information content (AvgIpc) is 2.50. The number of carbonyl (C=O) groups is 2. The smallest absolute Gasteiger partial charge is 0.335 e. The number of nitrogens with one attached hydrogen (secondary N) is 1. The van der Waals surface area contributed by atoms with Crippen LogP contribution in [0.15, 0.2) is 48.5 Å². The first-order chi connectivity index (χ1) is 10.6. The molecule has 0 aliphatic carbocycles. The Morgan fingerprint density at radius 2 is 1.86 bits per heavy atom. The molecule has 2 rings (SSSR count). The van der Waals surface area contributed by atoms with Crippen molar-refractivity contribution >= 4 is 11.9 Å². The van der Waals surface area contributed by atoms with E-state index in [4.69, 9.17) is 5.11 Å². The minimum atomic E-state index is -0.981. The fourth-order valence-corrected chi connectivity index (χ4v) is 2.08. The molecule has 0 unspecified atom stereocenters. The van der Waals surface area contributed by atoms with Gasteiger partial charge in [0.2, 0.25) is 5.91 Å². The zero-order chi connectivity index (χ0) is 15.9. The molecular weight excluding hydrogens is 285 g/mol. The third-order valence-electron chi connectivity index (χ3n) is 3.22. The van der Waals surface area contributed by atoms with Gasteiger partial charge in [-0.3, -0.25) is 4.79 Å². The number of aromatic carboxylic acids is 1. The summed E-state index contributed by atoms with van der Waals surface area (Å²) in [6, 6.07) is 12.7. The lowest BCUT2D eigenvalue weighted by molar-refractivity contribution is -0.120. The van der Waals surface area contributed by atoms with Crippen LogP contribution < -0.4 is 5.32 Å². The molecule has 114 valence electrons. The molecule has 0 fully saturated rings. The highest BCUT2D eigenvalue weighted by molar-refractivity contribution is 5.87. The highest BCUT2D eigenvalue weighted by Crippen LogP contribution is 2.07. The summed E-state index contributed by atoms with van der Waals surface area (Å²) in [6.45, 7) is 0.371. The van der Waals surface area contributed by atoms with Crippen molar-refractivity contribution in [3.8, 4) is 0 Å². The number of amides is 1. The van der Waals surface area contributed by atoms with Crippen molar-refractivity contribution in [3.63, 3.8) is 0 Å². The van der Waals surface area contributed by atoms with E-state index in [2.05, 4.69) is 5.32 Å². The van der Waals surface area contributed by atoms with E-state index in [1.165, 1.54) is 12.1 Å². The van der Waals surface area contributed by atoms with Gasteiger partial charge in [0.15, 0.2) is 0 Å². The van der Waals surface area contributed by atoms with Gasteiger partial charge in [-0.2, -0.15) is 0 Å². The molecule has 2 N–H and O–H groups in total. The van der Waals surface area contributed by atoms with Crippen LogP contribution in [0.5, 0.6) is 0 Å². The predicted molar refractivity (Wildman–Crippen MR) is 80.2 cm³/mol. The van der Waals surface area contributed by atoms with Crippen LogP contribution in [0.4, 0.5) is 4.39 Å². The molecule has 22 heavy (non-hydrogen) atoms. The van der Waals surface area contributed by atoms with E-state index >= 15 is 0 Å². The summed E-state index contributed by atoms with van der Waals surface area (Å²) in [5, 5.41) is 11.6. The molecule has 0 saturated heterocycles. The molecule has 0 atom stereocenters. The highest BCUT2D eigenvalue weighted by Gasteiger charge is 2.07. The molecule has 2 aromatic rings. The molecule has 0 heterocycles. The summed E-state index contributed by atoms with van der Waals surface area (Å²) in [4.78, 5) is 22.6. The Hall–Kier alpha value is -2.69. The van der Waals surface area contributed by atoms with E-state index in [0.717, 1.165) is 5.56 Å². The van der Waals surface area contributed by atoms with Crippen molar-refractivity contribution < 1.29 is 19.1 Å². The second-order valence-corrected chi connectivity index (χ2v) is 4.87. The maximum absolute atomic E-state index is 13.4. The Bertz CT molecular complexity index is 685. The first-order valence-corrected chi connectivity index (χ1v) is 6.88. The lowest BCUT2D eigenvalue weighted by atomic mass is 10.1. The topological polar surface area (TPSA) is 66.4 Å². The van der Waals surface area contributed by atoms with Gasteiger partial charge < -0.3 is 10.4 Å². The SMILES string of the molecule is O=C(Cc1ccccc1F)NCCc1cccc(C(=O)O)c1. The van der Waals surface area contributed by atoms with Gasteiger partial charge in [0.1, 0.15) is 5.82 Å². The van der Waals surface area contributed by atoms with Gasteiger partial charge in [-0.25, -0.2) is 9.18 Å². The Labute approximate surface area is 127 Å². The fraction of sp³-hybridized carbons (Fsp3) is 0.176. The molecule has 0 aromatic heterocycles. The van der Waals surface area contributed by atoms with Gasteiger partial charge >= 0.3 is 5.97 Å². The van der Waals surface area contributed by atoms with E-state index in [1.807, 2.05) is 0 Å². The summed E-state index contributed by atoms with van der Waals surface area (Å²) in [7, 11) is 0. The molecule has 0 saturated carbocycles. The second-order valence-electron chi connectivity index (χ2n) is 4.87. The molecule has 0 spiro atoms. The number of carboxylic acid groups (broad SMARTS) is 1. The van der Waals surface area contributed by atoms with Gasteiger partial charge in [0.05, 0.1) is 12.0 Å². The van der Waals surface area contributed by atoms with Crippen molar-refractivity contribution in [1.82, 2.24) is 5.32 Å². The first-order valence-electron chi connectivity index (χ1n) is 6.88. The minimum absolute atomic E-state index is 0.0121. The summed E-state index contributed by atoms with van der Waals surface area (Å²) in [6.07, 6.45) is 0.506. The van der Waals surface area contributed by atoms with Gasteiger partial charge in [0, 0.05) is 6.54 Å². The molecular formula is C17H16FNO3. The van der Waals surface area contributed by atoms with Gasteiger partial charge in [-0.05, 0) is 35.7 Å². The number of hydrogen-bond donors (Lipinski definition) is 2. The van der Waals surface area contributed by atoms with Crippen LogP contribution in [0.1, 0.15) is 21.5 Å². The molecule has 0 bridgehead atoms. The van der Waals surface area contributed by atoms with Crippen LogP contribution in [0.3, 0.4) is 0 Å². The van der Waals surface area contributed by atoms with Crippen LogP contribution in [0.25, 0.3) is 0 Å². The average molecular weight is 301 g/mol. The Morgan fingerprint density at radius 3 is 2.59 bits per heavy atom. The summed E-state index contributed by atoms with van der Waals surface area (Å²) < 4.78 is 13.4.